The predicted molar refractivity (Wildman–Crippen MR) is 210 cm³/mol. The standard InChI is InChI=1S/C40H50N5O7PSi/c1-26(2)49-53(46)50-27(3)33-34(51-53)35(52-54(8,9)39(4,5)6)38(48-33)45-25-43-32-36(41-24-42-37(32)45)44-40(28-16-12-10-13-17-28,29-18-14-11-15-19-29)30-20-22-31(47-7)23-21-30/h10-27,33-35,38H,1-9H3,(H,41,42,44)/t27-,33?,34+,35+,38+,53?/m0/s1. The lowest BCUT2D eigenvalue weighted by molar-refractivity contribution is -0.106. The van der Waals surface area contributed by atoms with E-state index in [1.54, 1.807) is 27.3 Å². The first-order chi connectivity index (χ1) is 25.7. The number of methoxy groups -OCH3 is 1. The summed E-state index contributed by atoms with van der Waals surface area (Å²) in [4.78, 5) is 14.5. The molecule has 1 N–H and O–H groups in total. The Morgan fingerprint density at radius 3 is 2.04 bits per heavy atom. The van der Waals surface area contributed by atoms with Crippen LogP contribution in [-0.4, -0.2) is 65.5 Å². The number of rotatable bonds is 11. The highest BCUT2D eigenvalue weighted by molar-refractivity contribution is 7.48. The van der Waals surface area contributed by atoms with Crippen molar-refractivity contribution in [3.8, 4) is 5.75 Å². The van der Waals surface area contributed by atoms with Gasteiger partial charge < -0.3 is 19.2 Å². The molecule has 286 valence electrons. The Bertz CT molecular complexity index is 2070. The summed E-state index contributed by atoms with van der Waals surface area (Å²) in [7, 11) is -4.72. The van der Waals surface area contributed by atoms with Crippen LogP contribution in [0, 0.1) is 0 Å². The minimum absolute atomic E-state index is 0.138. The summed E-state index contributed by atoms with van der Waals surface area (Å²) in [6.45, 7) is 16.3. The number of nitrogens with one attached hydrogen (secondary N) is 1. The normalized spacial score (nSPS) is 24.8. The van der Waals surface area contributed by atoms with Gasteiger partial charge in [-0.15, -0.1) is 0 Å². The molecular formula is C40H50N5O7PSi. The first kappa shape index (κ1) is 38.3. The van der Waals surface area contributed by atoms with E-state index in [0.29, 0.717) is 17.0 Å². The molecule has 6 atom stereocenters. The number of benzene rings is 3. The van der Waals surface area contributed by atoms with Gasteiger partial charge in [0.25, 0.3) is 0 Å². The van der Waals surface area contributed by atoms with Crippen molar-refractivity contribution in [1.82, 2.24) is 19.5 Å². The number of nitrogens with zero attached hydrogens (tertiary/aromatic N) is 4. The molecule has 0 radical (unpaired) electrons. The van der Waals surface area contributed by atoms with Gasteiger partial charge in [-0.2, -0.15) is 0 Å². The summed E-state index contributed by atoms with van der Waals surface area (Å²) >= 11 is 0. The molecule has 0 spiro atoms. The van der Waals surface area contributed by atoms with Crippen molar-refractivity contribution >= 4 is 33.1 Å². The second-order valence-corrected chi connectivity index (χ2v) is 22.0. The molecule has 7 rings (SSSR count). The van der Waals surface area contributed by atoms with Crippen LogP contribution >= 0.6 is 7.82 Å². The van der Waals surface area contributed by atoms with Gasteiger partial charge >= 0.3 is 7.82 Å². The summed E-state index contributed by atoms with van der Waals surface area (Å²) < 4.78 is 53.0. The van der Waals surface area contributed by atoms with Crippen LogP contribution in [0.25, 0.3) is 11.2 Å². The molecule has 2 saturated heterocycles. The minimum atomic E-state index is -3.93. The fraction of sp³-hybridized carbons (Fsp3) is 0.425. The van der Waals surface area contributed by atoms with Crippen LogP contribution in [0.1, 0.15) is 64.5 Å². The second-order valence-electron chi connectivity index (χ2n) is 15.7. The number of hydrogen-bond acceptors (Lipinski definition) is 11. The lowest BCUT2D eigenvalue weighted by Gasteiger charge is -2.42. The maximum absolute atomic E-state index is 13.9. The van der Waals surface area contributed by atoms with Gasteiger partial charge in [-0.1, -0.05) is 93.6 Å². The van der Waals surface area contributed by atoms with Crippen molar-refractivity contribution in [1.29, 1.82) is 0 Å². The number of anilines is 1. The Morgan fingerprint density at radius 1 is 0.852 bits per heavy atom. The van der Waals surface area contributed by atoms with E-state index < -0.39 is 52.3 Å². The topological polar surface area (TPSA) is 128 Å². The van der Waals surface area contributed by atoms with E-state index in [9.17, 15) is 4.57 Å². The Hall–Kier alpha value is -3.94. The quantitative estimate of drug-likeness (QED) is 0.0786. The molecule has 4 heterocycles. The van der Waals surface area contributed by atoms with E-state index in [1.165, 1.54) is 6.33 Å². The smallest absolute Gasteiger partial charge is 0.475 e. The van der Waals surface area contributed by atoms with Gasteiger partial charge in [-0.05, 0) is 67.7 Å². The SMILES string of the molecule is COc1ccc(C(Nc2ncnc3c2ncn3[C@@H]2OC3[C@H](C)OP(=O)(OC(C)C)O[C@H]3[C@H]2O[Si](C)(C)C(C)(C)C)(c2ccccc2)c2ccccc2)cc1. The minimum Gasteiger partial charge on any atom is -0.497 e. The molecule has 0 saturated carbocycles. The number of aromatic nitrogens is 4. The molecule has 2 fully saturated rings. The average Bonchev–Trinajstić information content (AvgIpc) is 3.72. The lowest BCUT2D eigenvalue weighted by atomic mass is 9.77. The largest absolute Gasteiger partial charge is 0.497 e. The van der Waals surface area contributed by atoms with Crippen LogP contribution in [0.4, 0.5) is 5.82 Å². The Kier molecular flexibility index (Phi) is 10.4. The molecular weight excluding hydrogens is 722 g/mol. The zero-order valence-corrected chi connectivity index (χ0v) is 34.2. The summed E-state index contributed by atoms with van der Waals surface area (Å²) in [5.41, 5.74) is 3.13. The molecule has 0 bridgehead atoms. The molecule has 12 nitrogen and oxygen atoms in total. The highest BCUT2D eigenvalue weighted by Crippen LogP contribution is 2.60. The monoisotopic (exact) mass is 771 g/mol. The molecule has 3 aromatic carbocycles. The van der Waals surface area contributed by atoms with Gasteiger partial charge in [0.05, 0.1) is 25.6 Å². The molecule has 2 aliphatic heterocycles. The summed E-state index contributed by atoms with van der Waals surface area (Å²) in [5, 5.41) is 3.71. The van der Waals surface area contributed by atoms with Gasteiger partial charge in [0.15, 0.2) is 31.5 Å². The van der Waals surface area contributed by atoms with E-state index in [2.05, 4.69) is 75.6 Å². The Morgan fingerprint density at radius 2 is 1.46 bits per heavy atom. The summed E-state index contributed by atoms with van der Waals surface area (Å²) in [6.07, 6.45) is -0.524. The van der Waals surface area contributed by atoms with Gasteiger partial charge in [0, 0.05) is 0 Å². The van der Waals surface area contributed by atoms with Crippen molar-refractivity contribution in [2.24, 2.45) is 0 Å². The number of imidazole rings is 1. The summed E-state index contributed by atoms with van der Waals surface area (Å²) in [6, 6.07) is 28.6. The van der Waals surface area contributed by atoms with E-state index in [4.69, 9.17) is 42.4 Å². The Labute approximate surface area is 318 Å². The second kappa shape index (κ2) is 14.6. The number of phosphoric ester groups is 1. The van der Waals surface area contributed by atoms with Gasteiger partial charge in [-0.3, -0.25) is 18.1 Å². The van der Waals surface area contributed by atoms with Gasteiger partial charge in [0.2, 0.25) is 0 Å². The zero-order chi connectivity index (χ0) is 38.5. The molecule has 2 aliphatic rings. The highest BCUT2D eigenvalue weighted by atomic mass is 31.2. The number of hydrogen-bond donors (Lipinski definition) is 1. The first-order valence-electron chi connectivity index (χ1n) is 18.4. The third-order valence-corrected chi connectivity index (χ3v) is 16.9. The van der Waals surface area contributed by atoms with Crippen LogP contribution in [0.3, 0.4) is 0 Å². The fourth-order valence-electron chi connectivity index (χ4n) is 7.02. The van der Waals surface area contributed by atoms with E-state index in [-0.39, 0.29) is 11.1 Å². The first-order valence-corrected chi connectivity index (χ1v) is 22.7. The van der Waals surface area contributed by atoms with Crippen LogP contribution in [0.15, 0.2) is 97.6 Å². The van der Waals surface area contributed by atoms with Crippen molar-refractivity contribution in [2.75, 3.05) is 12.4 Å². The molecule has 14 heteroatoms. The lowest BCUT2D eigenvalue weighted by Crippen LogP contribution is -2.51. The average molecular weight is 772 g/mol. The number of phosphoric acid groups is 1. The molecule has 0 aliphatic carbocycles. The van der Waals surface area contributed by atoms with Gasteiger partial charge in [0.1, 0.15) is 35.9 Å². The molecule has 2 unspecified atom stereocenters. The van der Waals surface area contributed by atoms with Crippen LogP contribution in [0.2, 0.25) is 18.1 Å². The maximum Gasteiger partial charge on any atom is 0.475 e. The molecule has 0 amide bonds. The van der Waals surface area contributed by atoms with Crippen molar-refractivity contribution in [3.63, 3.8) is 0 Å². The summed E-state index contributed by atoms with van der Waals surface area (Å²) in [5.74, 6) is 1.27. The Balaban J connectivity index is 1.35. The molecule has 54 heavy (non-hydrogen) atoms. The van der Waals surface area contributed by atoms with Crippen molar-refractivity contribution in [3.05, 3.63) is 114 Å². The third kappa shape index (κ3) is 7.03. The fourth-order valence-corrected chi connectivity index (χ4v) is 10.0. The number of fused-ring (bicyclic) bond motifs is 2. The van der Waals surface area contributed by atoms with Crippen LogP contribution in [-0.2, 0) is 32.8 Å². The third-order valence-electron chi connectivity index (χ3n) is 10.7. The van der Waals surface area contributed by atoms with Crippen molar-refractivity contribution < 1.29 is 32.0 Å². The van der Waals surface area contributed by atoms with Crippen molar-refractivity contribution in [2.45, 2.75) is 102 Å². The van der Waals surface area contributed by atoms with Crippen LogP contribution < -0.4 is 10.1 Å². The van der Waals surface area contributed by atoms with E-state index >= 15 is 0 Å². The number of ether oxygens (including phenoxy) is 2. The van der Waals surface area contributed by atoms with E-state index in [1.807, 2.05) is 60.0 Å². The highest BCUT2D eigenvalue weighted by Gasteiger charge is 2.59. The maximum atomic E-state index is 13.9. The predicted octanol–water partition coefficient (Wildman–Crippen LogP) is 8.86. The zero-order valence-electron chi connectivity index (χ0n) is 32.3. The molecule has 2 aromatic heterocycles. The molecule has 5 aromatic rings. The van der Waals surface area contributed by atoms with Crippen LogP contribution in [0.5, 0.6) is 5.75 Å². The van der Waals surface area contributed by atoms with E-state index in [0.717, 1.165) is 22.4 Å². The van der Waals surface area contributed by atoms with Gasteiger partial charge in [-0.25, -0.2) is 19.5 Å².